The van der Waals surface area contributed by atoms with Gasteiger partial charge < -0.3 is 20.1 Å². The molecule has 0 saturated carbocycles. The molecule has 0 radical (unpaired) electrons. The smallest absolute Gasteiger partial charge is 0.338 e. The standard InChI is InChI=1S/C20H20N2O5S/c1-3-27-20(25)12-4-6-13(7-5-12)21-18(23)11-17-19(24)22-15-9-8-14(26-2)10-16(15)28-17/h4-10,17H,3,11H2,1-2H3,(H,21,23)(H,22,24). The summed E-state index contributed by atoms with van der Waals surface area (Å²) in [6, 6.07) is 11.8. The summed E-state index contributed by atoms with van der Waals surface area (Å²) in [6.07, 6.45) is 0.0206. The van der Waals surface area contributed by atoms with Gasteiger partial charge in [-0.2, -0.15) is 0 Å². The molecule has 0 saturated heterocycles. The number of amides is 2. The van der Waals surface area contributed by atoms with Gasteiger partial charge in [0.15, 0.2) is 0 Å². The van der Waals surface area contributed by atoms with Crippen LogP contribution in [-0.4, -0.2) is 36.8 Å². The number of benzene rings is 2. The van der Waals surface area contributed by atoms with Gasteiger partial charge in [-0.1, -0.05) is 0 Å². The molecule has 0 fully saturated rings. The van der Waals surface area contributed by atoms with E-state index in [9.17, 15) is 14.4 Å². The number of ether oxygens (including phenoxy) is 2. The van der Waals surface area contributed by atoms with Gasteiger partial charge in [0.25, 0.3) is 0 Å². The maximum atomic E-state index is 12.4. The summed E-state index contributed by atoms with van der Waals surface area (Å²) in [7, 11) is 1.58. The Balaban J connectivity index is 1.61. The van der Waals surface area contributed by atoms with E-state index in [0.717, 1.165) is 4.90 Å². The molecule has 2 aromatic rings. The number of fused-ring (bicyclic) bond motifs is 1. The van der Waals surface area contributed by atoms with Crippen molar-refractivity contribution in [1.82, 2.24) is 0 Å². The van der Waals surface area contributed by atoms with Crippen LogP contribution in [0.15, 0.2) is 47.4 Å². The number of nitrogens with one attached hydrogen (secondary N) is 2. The Labute approximate surface area is 166 Å². The molecule has 1 unspecified atom stereocenters. The molecule has 0 spiro atoms. The lowest BCUT2D eigenvalue weighted by molar-refractivity contribution is -0.120. The minimum Gasteiger partial charge on any atom is -0.497 e. The Hall–Kier alpha value is -3.00. The number of carbonyl (C=O) groups is 3. The summed E-state index contributed by atoms with van der Waals surface area (Å²) in [5.74, 6) is -0.226. The van der Waals surface area contributed by atoms with E-state index in [4.69, 9.17) is 9.47 Å². The molecule has 7 nitrogen and oxygen atoms in total. The van der Waals surface area contributed by atoms with Gasteiger partial charge in [-0.15, -0.1) is 11.8 Å². The van der Waals surface area contributed by atoms with E-state index < -0.39 is 11.2 Å². The maximum Gasteiger partial charge on any atom is 0.338 e. The molecule has 8 heteroatoms. The highest BCUT2D eigenvalue weighted by molar-refractivity contribution is 8.01. The topological polar surface area (TPSA) is 93.7 Å². The van der Waals surface area contributed by atoms with Crippen molar-refractivity contribution < 1.29 is 23.9 Å². The minimum absolute atomic E-state index is 0.0206. The summed E-state index contributed by atoms with van der Waals surface area (Å²) in [5.41, 5.74) is 1.66. The van der Waals surface area contributed by atoms with Gasteiger partial charge in [0.1, 0.15) is 5.75 Å². The number of rotatable bonds is 6. The lowest BCUT2D eigenvalue weighted by Gasteiger charge is -2.24. The van der Waals surface area contributed by atoms with Crippen LogP contribution in [0.3, 0.4) is 0 Å². The lowest BCUT2D eigenvalue weighted by Crippen LogP contribution is -2.32. The predicted octanol–water partition coefficient (Wildman–Crippen LogP) is 3.31. The second-order valence-corrected chi connectivity index (χ2v) is 7.25. The second kappa shape index (κ2) is 8.79. The zero-order valence-corrected chi connectivity index (χ0v) is 16.3. The van der Waals surface area contributed by atoms with E-state index in [0.29, 0.717) is 29.3 Å². The highest BCUT2D eigenvalue weighted by Gasteiger charge is 2.29. The van der Waals surface area contributed by atoms with Crippen molar-refractivity contribution in [1.29, 1.82) is 0 Å². The number of hydrogen-bond acceptors (Lipinski definition) is 6. The van der Waals surface area contributed by atoms with Crippen molar-refractivity contribution in [3.8, 4) is 5.75 Å². The van der Waals surface area contributed by atoms with Crippen molar-refractivity contribution in [2.75, 3.05) is 24.4 Å². The van der Waals surface area contributed by atoms with Gasteiger partial charge in [-0.05, 0) is 49.4 Å². The van der Waals surface area contributed by atoms with Gasteiger partial charge in [0.05, 0.1) is 30.2 Å². The molecule has 3 rings (SSSR count). The fourth-order valence-corrected chi connectivity index (χ4v) is 3.81. The van der Waals surface area contributed by atoms with E-state index in [1.54, 1.807) is 50.4 Å². The van der Waals surface area contributed by atoms with Crippen molar-refractivity contribution >= 4 is 40.9 Å². The van der Waals surface area contributed by atoms with E-state index >= 15 is 0 Å². The van der Waals surface area contributed by atoms with Crippen molar-refractivity contribution in [2.45, 2.75) is 23.5 Å². The molecule has 1 aliphatic heterocycles. The van der Waals surface area contributed by atoms with E-state index in [1.807, 2.05) is 6.07 Å². The zero-order chi connectivity index (χ0) is 20.1. The lowest BCUT2D eigenvalue weighted by atomic mass is 10.2. The largest absolute Gasteiger partial charge is 0.497 e. The maximum absolute atomic E-state index is 12.4. The average Bonchev–Trinajstić information content (AvgIpc) is 2.69. The van der Waals surface area contributed by atoms with Crippen molar-refractivity contribution in [3.05, 3.63) is 48.0 Å². The Morgan fingerprint density at radius 3 is 2.61 bits per heavy atom. The molecule has 0 aromatic heterocycles. The number of thioether (sulfide) groups is 1. The van der Waals surface area contributed by atoms with Gasteiger partial charge in [-0.25, -0.2) is 4.79 Å². The molecular formula is C20H20N2O5S. The minimum atomic E-state index is -0.543. The first-order valence-corrected chi connectivity index (χ1v) is 9.60. The van der Waals surface area contributed by atoms with Gasteiger partial charge in [0.2, 0.25) is 11.8 Å². The quantitative estimate of drug-likeness (QED) is 0.723. The van der Waals surface area contributed by atoms with Crippen LogP contribution in [0.1, 0.15) is 23.7 Å². The van der Waals surface area contributed by atoms with Crippen LogP contribution in [0.2, 0.25) is 0 Å². The Morgan fingerprint density at radius 1 is 1.18 bits per heavy atom. The molecule has 2 aromatic carbocycles. The fraction of sp³-hybridized carbons (Fsp3) is 0.250. The first-order chi connectivity index (χ1) is 13.5. The molecule has 146 valence electrons. The average molecular weight is 400 g/mol. The summed E-state index contributed by atoms with van der Waals surface area (Å²) in [4.78, 5) is 37.2. The third-order valence-corrected chi connectivity index (χ3v) is 5.32. The number of methoxy groups -OCH3 is 1. The molecule has 1 heterocycles. The fourth-order valence-electron chi connectivity index (χ4n) is 2.67. The molecule has 2 N–H and O–H groups in total. The third-order valence-electron chi connectivity index (χ3n) is 4.06. The van der Waals surface area contributed by atoms with Crippen LogP contribution in [0.5, 0.6) is 5.75 Å². The zero-order valence-electron chi connectivity index (χ0n) is 15.5. The summed E-state index contributed by atoms with van der Waals surface area (Å²) in [6.45, 7) is 2.04. The van der Waals surface area contributed by atoms with Crippen molar-refractivity contribution in [2.24, 2.45) is 0 Å². The first kappa shape index (κ1) is 19.8. The van der Waals surface area contributed by atoms with Gasteiger partial charge in [-0.3, -0.25) is 9.59 Å². The first-order valence-electron chi connectivity index (χ1n) is 8.72. The normalized spacial score (nSPS) is 15.2. The number of anilines is 2. The molecule has 1 atom stereocenters. The Morgan fingerprint density at radius 2 is 1.93 bits per heavy atom. The van der Waals surface area contributed by atoms with Crippen LogP contribution in [-0.2, 0) is 14.3 Å². The van der Waals surface area contributed by atoms with Gasteiger partial charge in [0, 0.05) is 17.0 Å². The summed E-state index contributed by atoms with van der Waals surface area (Å²) in [5, 5.41) is 5.02. The van der Waals surface area contributed by atoms with E-state index in [-0.39, 0.29) is 18.2 Å². The molecule has 0 aliphatic carbocycles. The predicted molar refractivity (Wildman–Crippen MR) is 107 cm³/mol. The van der Waals surface area contributed by atoms with Crippen LogP contribution < -0.4 is 15.4 Å². The monoisotopic (exact) mass is 400 g/mol. The Bertz CT molecular complexity index is 898. The van der Waals surface area contributed by atoms with Gasteiger partial charge >= 0.3 is 5.97 Å². The number of carbonyl (C=O) groups excluding carboxylic acids is 3. The van der Waals surface area contributed by atoms with Crippen molar-refractivity contribution in [3.63, 3.8) is 0 Å². The van der Waals surface area contributed by atoms with Crippen LogP contribution >= 0.6 is 11.8 Å². The Kier molecular flexibility index (Phi) is 6.20. The molecule has 2 amide bonds. The molecule has 28 heavy (non-hydrogen) atoms. The highest BCUT2D eigenvalue weighted by Crippen LogP contribution is 2.39. The molecule has 0 bridgehead atoms. The third kappa shape index (κ3) is 4.64. The summed E-state index contributed by atoms with van der Waals surface area (Å²) >= 11 is 1.33. The summed E-state index contributed by atoms with van der Waals surface area (Å²) < 4.78 is 10.1. The van der Waals surface area contributed by atoms with Crippen LogP contribution in [0.25, 0.3) is 0 Å². The highest BCUT2D eigenvalue weighted by atomic mass is 32.2. The molecule has 1 aliphatic rings. The molecular weight excluding hydrogens is 380 g/mol. The number of hydrogen-bond donors (Lipinski definition) is 2. The second-order valence-electron chi connectivity index (χ2n) is 6.01. The van der Waals surface area contributed by atoms with E-state index in [2.05, 4.69) is 10.6 Å². The van der Waals surface area contributed by atoms with E-state index in [1.165, 1.54) is 11.8 Å². The SMILES string of the molecule is CCOC(=O)c1ccc(NC(=O)CC2Sc3cc(OC)ccc3NC2=O)cc1. The van der Waals surface area contributed by atoms with Crippen LogP contribution in [0.4, 0.5) is 11.4 Å². The van der Waals surface area contributed by atoms with Crippen LogP contribution in [0, 0.1) is 0 Å². The number of esters is 1.